The number of methoxy groups -OCH3 is 4. The molecule has 3 rings (SSSR count). The smallest absolute Gasteiger partial charge is 0.139 e. The summed E-state index contributed by atoms with van der Waals surface area (Å²) in [4.78, 5) is 13.1. The van der Waals surface area contributed by atoms with Crippen molar-refractivity contribution in [1.29, 1.82) is 0 Å². The number of carbonyl (C=O) groups excluding carboxylic acids is 1. The molecule has 0 aliphatic carbocycles. The van der Waals surface area contributed by atoms with Gasteiger partial charge in [0.25, 0.3) is 0 Å². The van der Waals surface area contributed by atoms with Crippen molar-refractivity contribution in [2.24, 2.45) is 5.92 Å². The summed E-state index contributed by atoms with van der Waals surface area (Å²) in [7, 11) is 6.53. The van der Waals surface area contributed by atoms with Crippen molar-refractivity contribution < 1.29 is 23.7 Å². The second-order valence-electron chi connectivity index (χ2n) is 7.10. The summed E-state index contributed by atoms with van der Waals surface area (Å²) in [5, 5.41) is 3.68. The maximum Gasteiger partial charge on any atom is 0.139 e. The first-order valence-electron chi connectivity index (χ1n) is 9.78. The highest BCUT2D eigenvalue weighted by Gasteiger charge is 2.39. The number of rotatable bonds is 7. The molecule has 0 amide bonds. The summed E-state index contributed by atoms with van der Waals surface area (Å²) in [6.45, 7) is 2.04. The lowest BCUT2D eigenvalue weighted by Crippen LogP contribution is -2.42. The maximum absolute atomic E-state index is 13.1. The molecular weight excluding hydrogens is 370 g/mol. The van der Waals surface area contributed by atoms with Crippen LogP contribution in [0.4, 0.5) is 0 Å². The number of Topliss-reactive ketones (excluding diaryl/α,β-unsaturated/α-hetero) is 1. The zero-order chi connectivity index (χ0) is 21.0. The van der Waals surface area contributed by atoms with Gasteiger partial charge >= 0.3 is 0 Å². The van der Waals surface area contributed by atoms with Crippen LogP contribution in [0.1, 0.15) is 43.0 Å². The topological polar surface area (TPSA) is 66.0 Å². The second-order valence-corrected chi connectivity index (χ2v) is 7.10. The van der Waals surface area contributed by atoms with Gasteiger partial charge in [-0.25, -0.2) is 0 Å². The number of carbonyl (C=O) groups is 1. The highest BCUT2D eigenvalue weighted by Crippen LogP contribution is 2.43. The van der Waals surface area contributed by atoms with E-state index < -0.39 is 0 Å². The normalized spacial score (nSPS) is 21.6. The number of ketones is 1. The molecule has 6 nitrogen and oxygen atoms in total. The summed E-state index contributed by atoms with van der Waals surface area (Å²) in [5.41, 5.74) is 1.82. The lowest BCUT2D eigenvalue weighted by molar-refractivity contribution is -0.126. The third-order valence-corrected chi connectivity index (χ3v) is 5.63. The quantitative estimate of drug-likeness (QED) is 0.756. The first-order chi connectivity index (χ1) is 14.1. The lowest BCUT2D eigenvalue weighted by atomic mass is 9.79. The molecule has 1 N–H and O–H groups in total. The Morgan fingerprint density at radius 2 is 1.41 bits per heavy atom. The van der Waals surface area contributed by atoms with E-state index in [0.29, 0.717) is 6.42 Å². The predicted octanol–water partition coefficient (Wildman–Crippen LogP) is 4.09. The molecule has 0 saturated carbocycles. The largest absolute Gasteiger partial charge is 0.497 e. The highest BCUT2D eigenvalue weighted by atomic mass is 16.5. The Labute approximate surface area is 172 Å². The molecule has 156 valence electrons. The average Bonchev–Trinajstić information content (AvgIpc) is 2.77. The van der Waals surface area contributed by atoms with E-state index in [9.17, 15) is 4.79 Å². The standard InChI is InChI=1S/C23H29NO5/c1-6-16-20(25)13-19(17-11-14(26-2)7-9-21(17)28-4)24-23(16)18-12-15(27-3)8-10-22(18)29-5/h7-12,16,19,23-24H,6,13H2,1-5H3/t16-,19-,23-/m1/s1. The van der Waals surface area contributed by atoms with E-state index in [1.165, 1.54) is 0 Å². The lowest BCUT2D eigenvalue weighted by Gasteiger charge is -2.37. The minimum Gasteiger partial charge on any atom is -0.497 e. The summed E-state index contributed by atoms with van der Waals surface area (Å²) in [6, 6.07) is 10.9. The third kappa shape index (κ3) is 4.17. The van der Waals surface area contributed by atoms with E-state index in [-0.39, 0.29) is 23.8 Å². The highest BCUT2D eigenvalue weighted by molar-refractivity contribution is 5.84. The minimum atomic E-state index is -0.202. The van der Waals surface area contributed by atoms with E-state index >= 15 is 0 Å². The maximum atomic E-state index is 13.1. The number of benzene rings is 2. The molecule has 3 atom stereocenters. The van der Waals surface area contributed by atoms with Gasteiger partial charge in [0.05, 0.1) is 28.4 Å². The third-order valence-electron chi connectivity index (χ3n) is 5.63. The van der Waals surface area contributed by atoms with Gasteiger partial charge in [0.2, 0.25) is 0 Å². The van der Waals surface area contributed by atoms with Crippen LogP contribution >= 0.6 is 0 Å². The number of piperidine rings is 1. The van der Waals surface area contributed by atoms with Gasteiger partial charge in [-0.05, 0) is 42.8 Å². The Morgan fingerprint density at radius 1 is 0.862 bits per heavy atom. The van der Waals surface area contributed by atoms with Crippen LogP contribution in [0.2, 0.25) is 0 Å². The van der Waals surface area contributed by atoms with Crippen LogP contribution in [-0.2, 0) is 4.79 Å². The first kappa shape index (κ1) is 21.0. The molecular formula is C23H29NO5. The van der Waals surface area contributed by atoms with Crippen molar-refractivity contribution >= 4 is 5.78 Å². The molecule has 0 spiro atoms. The van der Waals surface area contributed by atoms with Gasteiger partial charge in [0, 0.05) is 35.5 Å². The van der Waals surface area contributed by atoms with Gasteiger partial charge in [0.15, 0.2) is 0 Å². The molecule has 1 saturated heterocycles. The zero-order valence-electron chi connectivity index (χ0n) is 17.7. The number of ether oxygens (including phenoxy) is 4. The molecule has 1 fully saturated rings. The van der Waals surface area contributed by atoms with Crippen LogP contribution in [0.25, 0.3) is 0 Å². The molecule has 1 heterocycles. The van der Waals surface area contributed by atoms with Gasteiger partial charge in [-0.3, -0.25) is 4.79 Å². The minimum absolute atomic E-state index is 0.149. The molecule has 6 heteroatoms. The van der Waals surface area contributed by atoms with E-state index in [0.717, 1.165) is 40.5 Å². The fraction of sp³-hybridized carbons (Fsp3) is 0.435. The van der Waals surface area contributed by atoms with E-state index in [4.69, 9.17) is 18.9 Å². The fourth-order valence-electron chi connectivity index (χ4n) is 4.09. The monoisotopic (exact) mass is 399 g/mol. The van der Waals surface area contributed by atoms with Crippen LogP contribution < -0.4 is 24.3 Å². The van der Waals surface area contributed by atoms with Crippen LogP contribution in [-0.4, -0.2) is 34.2 Å². The molecule has 1 aliphatic rings. The Hall–Kier alpha value is -2.73. The van der Waals surface area contributed by atoms with Gasteiger partial charge in [0.1, 0.15) is 28.8 Å². The van der Waals surface area contributed by atoms with Gasteiger partial charge in [-0.2, -0.15) is 0 Å². The van der Waals surface area contributed by atoms with Crippen molar-refractivity contribution in [1.82, 2.24) is 5.32 Å². The molecule has 1 aliphatic heterocycles. The molecule has 2 aromatic rings. The van der Waals surface area contributed by atoms with E-state index in [2.05, 4.69) is 5.32 Å². The van der Waals surface area contributed by atoms with Crippen molar-refractivity contribution in [3.05, 3.63) is 47.5 Å². The predicted molar refractivity (Wildman–Crippen MR) is 111 cm³/mol. The Bertz CT molecular complexity index is 866. The number of hydrogen-bond acceptors (Lipinski definition) is 6. The summed E-state index contributed by atoms with van der Waals surface area (Å²) >= 11 is 0. The summed E-state index contributed by atoms with van der Waals surface area (Å²) in [6.07, 6.45) is 1.13. The van der Waals surface area contributed by atoms with Crippen molar-refractivity contribution in [2.75, 3.05) is 28.4 Å². The number of hydrogen-bond donors (Lipinski definition) is 1. The number of nitrogens with one attached hydrogen (secondary N) is 1. The molecule has 0 aromatic heterocycles. The van der Waals surface area contributed by atoms with Crippen LogP contribution in [0.5, 0.6) is 23.0 Å². The molecule has 0 unspecified atom stereocenters. The van der Waals surface area contributed by atoms with Gasteiger partial charge in [-0.15, -0.1) is 0 Å². The molecule has 0 radical (unpaired) electrons. The van der Waals surface area contributed by atoms with E-state index in [1.54, 1.807) is 28.4 Å². The molecule has 0 bridgehead atoms. The fourth-order valence-corrected chi connectivity index (χ4v) is 4.09. The SMILES string of the molecule is CC[C@@H]1C(=O)C[C@H](c2cc(OC)ccc2OC)N[C@H]1c1cc(OC)ccc1OC. The Balaban J connectivity index is 2.05. The van der Waals surface area contributed by atoms with Crippen molar-refractivity contribution in [3.63, 3.8) is 0 Å². The van der Waals surface area contributed by atoms with Crippen molar-refractivity contribution in [3.8, 4) is 23.0 Å². The molecule has 2 aromatic carbocycles. The summed E-state index contributed by atoms with van der Waals surface area (Å²) < 4.78 is 22.0. The Morgan fingerprint density at radius 3 is 1.93 bits per heavy atom. The van der Waals surface area contributed by atoms with Gasteiger partial charge in [-0.1, -0.05) is 6.92 Å². The van der Waals surface area contributed by atoms with E-state index in [1.807, 2.05) is 43.3 Å². The van der Waals surface area contributed by atoms with Crippen LogP contribution in [0, 0.1) is 5.92 Å². The molecule has 29 heavy (non-hydrogen) atoms. The van der Waals surface area contributed by atoms with Crippen LogP contribution in [0.15, 0.2) is 36.4 Å². The summed E-state index contributed by atoms with van der Waals surface area (Å²) in [5.74, 6) is 2.98. The van der Waals surface area contributed by atoms with Crippen LogP contribution in [0.3, 0.4) is 0 Å². The Kier molecular flexibility index (Phi) is 6.64. The van der Waals surface area contributed by atoms with Crippen molar-refractivity contribution in [2.45, 2.75) is 31.8 Å². The van der Waals surface area contributed by atoms with Gasteiger partial charge < -0.3 is 24.3 Å². The zero-order valence-corrected chi connectivity index (χ0v) is 17.7. The average molecular weight is 399 g/mol. The first-order valence-corrected chi connectivity index (χ1v) is 9.78. The second kappa shape index (κ2) is 9.18.